The molecule has 0 amide bonds. The Morgan fingerprint density at radius 3 is 2.43 bits per heavy atom. The summed E-state index contributed by atoms with van der Waals surface area (Å²) >= 11 is 1.60. The summed E-state index contributed by atoms with van der Waals surface area (Å²) < 4.78 is 30.8. The molecule has 42 heavy (non-hydrogen) atoms. The number of nitrogens with one attached hydrogen (secondary N) is 1. The molecule has 1 N–H and O–H groups in total. The van der Waals surface area contributed by atoms with Gasteiger partial charge < -0.3 is 9.62 Å². The molecule has 1 aliphatic heterocycles. The lowest BCUT2D eigenvalue weighted by molar-refractivity contribution is 0.295. The first-order valence-electron chi connectivity index (χ1n) is 14.5. The number of likely N-dealkylation sites (tertiary alicyclic amines) is 1. The number of piperidine rings is 1. The van der Waals surface area contributed by atoms with Crippen LogP contribution in [0.4, 0.5) is 8.78 Å². The van der Waals surface area contributed by atoms with E-state index in [1.165, 1.54) is 23.3 Å². The third-order valence-electron chi connectivity index (χ3n) is 8.17. The fraction of sp³-hybridized carbons (Fsp3) is 0.243. The van der Waals surface area contributed by atoms with Crippen LogP contribution in [0.15, 0.2) is 121 Å². The average molecular weight is 581 g/mol. The quantitative estimate of drug-likeness (QED) is 0.188. The molecule has 1 fully saturated rings. The van der Waals surface area contributed by atoms with Crippen LogP contribution < -0.4 is 4.72 Å². The predicted octanol–water partition coefficient (Wildman–Crippen LogP) is 9.86. The van der Waals surface area contributed by atoms with Crippen LogP contribution in [0.2, 0.25) is 0 Å². The Labute approximate surface area is 253 Å². The molecule has 0 radical (unpaired) electrons. The van der Waals surface area contributed by atoms with Crippen molar-refractivity contribution >= 4 is 17.6 Å². The molecule has 4 aromatic rings. The first-order chi connectivity index (χ1) is 20.2. The van der Waals surface area contributed by atoms with Gasteiger partial charge in [0.25, 0.3) is 0 Å². The van der Waals surface area contributed by atoms with Crippen LogP contribution in [-0.2, 0) is 6.42 Å². The Balaban J connectivity index is 1.25. The van der Waals surface area contributed by atoms with E-state index in [9.17, 15) is 8.78 Å². The van der Waals surface area contributed by atoms with Gasteiger partial charge in [0.05, 0.1) is 0 Å². The van der Waals surface area contributed by atoms with E-state index in [0.29, 0.717) is 11.5 Å². The van der Waals surface area contributed by atoms with Gasteiger partial charge >= 0.3 is 0 Å². The van der Waals surface area contributed by atoms with Crippen LogP contribution in [0.25, 0.3) is 16.8 Å². The molecule has 0 saturated carbocycles. The molecule has 0 aromatic heterocycles. The second-order valence-corrected chi connectivity index (χ2v) is 12.6. The SMILES string of the molecule is C=C(c1cccc(-c2ccc(F)c(F)c2)c1)N1CCCC(c2cccc(CC(C)(C)C(=C)NSc3ccccc3)c2)C1. The van der Waals surface area contributed by atoms with Crippen molar-refractivity contribution < 1.29 is 8.78 Å². The van der Waals surface area contributed by atoms with Crippen molar-refractivity contribution in [3.63, 3.8) is 0 Å². The van der Waals surface area contributed by atoms with Gasteiger partial charge in [-0.15, -0.1) is 0 Å². The fourth-order valence-electron chi connectivity index (χ4n) is 5.55. The van der Waals surface area contributed by atoms with E-state index in [1.807, 2.05) is 42.5 Å². The van der Waals surface area contributed by atoms with Gasteiger partial charge in [-0.25, -0.2) is 8.78 Å². The van der Waals surface area contributed by atoms with Crippen LogP contribution in [0.3, 0.4) is 0 Å². The predicted molar refractivity (Wildman–Crippen MR) is 173 cm³/mol. The molecular formula is C37H38F2N2S. The van der Waals surface area contributed by atoms with E-state index >= 15 is 0 Å². The molecule has 216 valence electrons. The summed E-state index contributed by atoms with van der Waals surface area (Å²) in [5.74, 6) is -1.27. The monoisotopic (exact) mass is 580 g/mol. The Hall–Kier alpha value is -3.83. The zero-order valence-corrected chi connectivity index (χ0v) is 25.2. The summed E-state index contributed by atoms with van der Waals surface area (Å²) in [6.45, 7) is 15.1. The first-order valence-corrected chi connectivity index (χ1v) is 15.3. The largest absolute Gasteiger partial charge is 0.371 e. The Morgan fingerprint density at radius 2 is 1.64 bits per heavy atom. The van der Waals surface area contributed by atoms with Crippen molar-refractivity contribution in [2.75, 3.05) is 13.1 Å². The number of hydrogen-bond donors (Lipinski definition) is 1. The van der Waals surface area contributed by atoms with Crippen LogP contribution >= 0.6 is 11.9 Å². The summed E-state index contributed by atoms with van der Waals surface area (Å²) in [4.78, 5) is 3.53. The van der Waals surface area contributed by atoms with E-state index < -0.39 is 11.6 Å². The minimum atomic E-state index is -0.840. The average Bonchev–Trinajstić information content (AvgIpc) is 3.01. The molecule has 1 aliphatic rings. The van der Waals surface area contributed by atoms with E-state index in [0.717, 1.165) is 59.8 Å². The van der Waals surface area contributed by atoms with Crippen molar-refractivity contribution in [3.8, 4) is 11.1 Å². The second kappa shape index (κ2) is 13.0. The zero-order valence-electron chi connectivity index (χ0n) is 24.4. The Morgan fingerprint density at radius 1 is 0.881 bits per heavy atom. The number of benzene rings is 4. The van der Waals surface area contributed by atoms with Gasteiger partial charge in [-0.05, 0) is 89.4 Å². The first kappa shape index (κ1) is 29.7. The summed E-state index contributed by atoms with van der Waals surface area (Å²) in [7, 11) is 0. The summed E-state index contributed by atoms with van der Waals surface area (Å²) in [5.41, 5.74) is 6.99. The molecular weight excluding hydrogens is 542 g/mol. The third kappa shape index (κ3) is 7.14. The van der Waals surface area contributed by atoms with E-state index in [2.05, 4.69) is 73.0 Å². The highest BCUT2D eigenvalue weighted by atomic mass is 32.2. The van der Waals surface area contributed by atoms with Crippen LogP contribution in [-0.4, -0.2) is 18.0 Å². The number of rotatable bonds is 10. The van der Waals surface area contributed by atoms with Crippen molar-refractivity contribution in [3.05, 3.63) is 144 Å². The van der Waals surface area contributed by atoms with Gasteiger partial charge in [0, 0.05) is 40.7 Å². The molecule has 4 aromatic carbocycles. The van der Waals surface area contributed by atoms with Crippen LogP contribution in [0.1, 0.15) is 49.3 Å². The lowest BCUT2D eigenvalue weighted by Gasteiger charge is -2.36. The number of allylic oxidation sites excluding steroid dienone is 1. The van der Waals surface area contributed by atoms with Gasteiger partial charge in [0.1, 0.15) is 0 Å². The Kier molecular flexibility index (Phi) is 9.18. The van der Waals surface area contributed by atoms with Gasteiger partial charge in [-0.3, -0.25) is 0 Å². The summed E-state index contributed by atoms with van der Waals surface area (Å²) in [6.07, 6.45) is 3.11. The molecule has 1 heterocycles. The third-order valence-corrected chi connectivity index (χ3v) is 9.03. The molecule has 0 spiro atoms. The summed E-state index contributed by atoms with van der Waals surface area (Å²) in [5, 5.41) is 0. The maximum Gasteiger partial charge on any atom is 0.159 e. The van der Waals surface area contributed by atoms with Crippen LogP contribution in [0.5, 0.6) is 0 Å². The molecule has 2 nitrogen and oxygen atoms in total. The standard InChI is InChI=1S/C37H38F2N2S/c1-26(29-12-9-14-31(22-29)32-18-19-35(38)36(39)23-32)41-20-10-15-33(25-41)30-13-8-11-28(21-30)24-37(3,4)27(2)40-42-34-16-6-5-7-17-34/h5-9,11-14,16-19,21-23,33,40H,1-2,10,15,20,24-25H2,3-4H3. The van der Waals surface area contributed by atoms with Crippen molar-refractivity contribution in [2.45, 2.75) is 43.9 Å². The molecule has 1 unspecified atom stereocenters. The van der Waals surface area contributed by atoms with E-state index in [-0.39, 0.29) is 5.41 Å². The van der Waals surface area contributed by atoms with Gasteiger partial charge in [-0.2, -0.15) is 0 Å². The topological polar surface area (TPSA) is 15.3 Å². The van der Waals surface area contributed by atoms with Crippen molar-refractivity contribution in [1.82, 2.24) is 9.62 Å². The minimum absolute atomic E-state index is 0.119. The highest BCUT2D eigenvalue weighted by Crippen LogP contribution is 2.35. The number of halogens is 2. The molecule has 5 rings (SSSR count). The highest BCUT2D eigenvalue weighted by Gasteiger charge is 2.26. The Bertz CT molecular complexity index is 1560. The zero-order chi connectivity index (χ0) is 29.7. The molecule has 1 atom stereocenters. The van der Waals surface area contributed by atoms with Crippen molar-refractivity contribution in [1.29, 1.82) is 0 Å². The van der Waals surface area contributed by atoms with Gasteiger partial charge in [0.15, 0.2) is 11.6 Å². The fourth-order valence-corrected chi connectivity index (χ4v) is 6.36. The van der Waals surface area contributed by atoms with Gasteiger partial charge in [-0.1, -0.05) is 93.7 Å². The molecule has 5 heteroatoms. The lowest BCUT2D eigenvalue weighted by Crippen LogP contribution is -2.33. The molecule has 0 aliphatic carbocycles. The summed E-state index contributed by atoms with van der Waals surface area (Å²) in [6, 6.07) is 31.2. The van der Waals surface area contributed by atoms with Crippen molar-refractivity contribution in [2.24, 2.45) is 5.41 Å². The minimum Gasteiger partial charge on any atom is -0.371 e. The second-order valence-electron chi connectivity index (χ2n) is 11.7. The smallest absolute Gasteiger partial charge is 0.159 e. The van der Waals surface area contributed by atoms with Crippen LogP contribution in [0, 0.1) is 17.0 Å². The normalized spacial score (nSPS) is 15.3. The maximum absolute atomic E-state index is 13.9. The number of hydrogen-bond acceptors (Lipinski definition) is 3. The molecule has 1 saturated heterocycles. The maximum atomic E-state index is 13.9. The van der Waals surface area contributed by atoms with E-state index in [1.54, 1.807) is 18.0 Å². The lowest BCUT2D eigenvalue weighted by atomic mass is 9.81. The highest BCUT2D eigenvalue weighted by molar-refractivity contribution is 7.97. The van der Waals surface area contributed by atoms with E-state index in [4.69, 9.17) is 0 Å². The molecule has 0 bridgehead atoms. The van der Waals surface area contributed by atoms with Gasteiger partial charge in [0.2, 0.25) is 0 Å². The number of nitrogens with zero attached hydrogens (tertiary/aromatic N) is 1.